The molecule has 0 unspecified atom stereocenters. The molecular formula is C62H42N4. The van der Waals surface area contributed by atoms with E-state index in [9.17, 15) is 0 Å². The van der Waals surface area contributed by atoms with Crippen molar-refractivity contribution in [1.82, 2.24) is 14.5 Å². The van der Waals surface area contributed by atoms with Gasteiger partial charge in [0.2, 0.25) is 0 Å². The van der Waals surface area contributed by atoms with Crippen LogP contribution in [0.15, 0.2) is 255 Å². The van der Waals surface area contributed by atoms with Gasteiger partial charge < -0.3 is 9.47 Å². The van der Waals surface area contributed by atoms with E-state index in [2.05, 4.69) is 246 Å². The number of fused-ring (bicyclic) bond motifs is 4. The number of aromatic nitrogens is 3. The Labute approximate surface area is 384 Å². The van der Waals surface area contributed by atoms with Crippen LogP contribution in [0.3, 0.4) is 0 Å². The summed E-state index contributed by atoms with van der Waals surface area (Å²) in [6.07, 6.45) is 0. The molecule has 0 amide bonds. The summed E-state index contributed by atoms with van der Waals surface area (Å²) in [4.78, 5) is 12.5. The fourth-order valence-electron chi connectivity index (χ4n) is 9.33. The van der Waals surface area contributed by atoms with Crippen LogP contribution in [-0.4, -0.2) is 14.5 Å². The van der Waals surface area contributed by atoms with Gasteiger partial charge >= 0.3 is 0 Å². The first kappa shape index (κ1) is 38.8. The number of hydrogen-bond donors (Lipinski definition) is 0. The molecule has 0 saturated heterocycles. The van der Waals surface area contributed by atoms with E-state index in [0.29, 0.717) is 5.82 Å². The maximum absolute atomic E-state index is 5.12. The zero-order valence-electron chi connectivity index (χ0n) is 36.0. The predicted octanol–water partition coefficient (Wildman–Crippen LogP) is 16.5. The standard InChI is InChI=1S/C62H42N4/c1-4-14-43(15-5-1)45-28-33-51(34-29-45)65(52-35-30-46(31-36-52)44-16-6-2-7-17-44)53-37-39-54(40-38-53)66-59-23-13-11-20-55(59)56-41-32-50(42-60(56)66)47-24-26-49(27-25-47)62-63-58-22-12-10-21-57(58)61(64-62)48-18-8-3-9-19-48/h1-42H. The van der Waals surface area contributed by atoms with E-state index in [1.54, 1.807) is 0 Å². The molecule has 2 aromatic heterocycles. The van der Waals surface area contributed by atoms with E-state index in [1.165, 1.54) is 38.5 Å². The summed E-state index contributed by atoms with van der Waals surface area (Å²) in [5.41, 5.74) is 17.6. The van der Waals surface area contributed by atoms with Gasteiger partial charge in [0.1, 0.15) is 0 Å². The number of rotatable bonds is 9. The summed E-state index contributed by atoms with van der Waals surface area (Å²) in [6, 6.07) is 90.6. The molecule has 12 rings (SSSR count). The van der Waals surface area contributed by atoms with Gasteiger partial charge in [0.15, 0.2) is 5.82 Å². The molecule has 0 aliphatic rings. The topological polar surface area (TPSA) is 34.0 Å². The molecule has 0 N–H and O–H groups in total. The normalized spacial score (nSPS) is 11.3. The number of anilines is 3. The largest absolute Gasteiger partial charge is 0.311 e. The fourth-order valence-corrected chi connectivity index (χ4v) is 9.33. The lowest BCUT2D eigenvalue weighted by molar-refractivity contribution is 1.17. The fraction of sp³-hybridized carbons (Fsp3) is 0. The van der Waals surface area contributed by atoms with Crippen molar-refractivity contribution in [2.24, 2.45) is 0 Å². The van der Waals surface area contributed by atoms with Crippen molar-refractivity contribution in [3.05, 3.63) is 255 Å². The van der Waals surface area contributed by atoms with E-state index in [1.807, 2.05) is 18.2 Å². The quantitative estimate of drug-likeness (QED) is 0.145. The van der Waals surface area contributed by atoms with Crippen molar-refractivity contribution in [3.8, 4) is 61.7 Å². The molecule has 66 heavy (non-hydrogen) atoms. The molecule has 0 spiro atoms. The molecule has 0 saturated carbocycles. The maximum atomic E-state index is 5.12. The minimum absolute atomic E-state index is 0.713. The van der Waals surface area contributed by atoms with Crippen molar-refractivity contribution >= 4 is 49.8 Å². The molecular weight excluding hydrogens is 801 g/mol. The van der Waals surface area contributed by atoms with Gasteiger partial charge in [-0.2, -0.15) is 0 Å². The van der Waals surface area contributed by atoms with Crippen LogP contribution in [0.4, 0.5) is 17.1 Å². The van der Waals surface area contributed by atoms with Gasteiger partial charge in [-0.15, -0.1) is 0 Å². The molecule has 12 aromatic rings. The number of para-hydroxylation sites is 2. The molecule has 0 radical (unpaired) electrons. The Morgan fingerprint density at radius 2 is 0.712 bits per heavy atom. The Bertz CT molecular complexity index is 3560. The first-order chi connectivity index (χ1) is 32.7. The molecule has 10 aromatic carbocycles. The molecule has 4 nitrogen and oxygen atoms in total. The first-order valence-electron chi connectivity index (χ1n) is 22.4. The van der Waals surface area contributed by atoms with Gasteiger partial charge in [0.25, 0.3) is 0 Å². The van der Waals surface area contributed by atoms with Crippen molar-refractivity contribution in [1.29, 1.82) is 0 Å². The van der Waals surface area contributed by atoms with Crippen LogP contribution >= 0.6 is 0 Å². The Kier molecular flexibility index (Phi) is 9.81. The summed E-state index contributed by atoms with van der Waals surface area (Å²) in [6.45, 7) is 0. The molecule has 2 heterocycles. The van der Waals surface area contributed by atoms with E-state index < -0.39 is 0 Å². The van der Waals surface area contributed by atoms with Gasteiger partial charge in [0, 0.05) is 50.0 Å². The Hall–Kier alpha value is -8.86. The lowest BCUT2D eigenvalue weighted by Crippen LogP contribution is -2.10. The van der Waals surface area contributed by atoms with Crippen LogP contribution in [0.5, 0.6) is 0 Å². The lowest BCUT2D eigenvalue weighted by atomic mass is 10.0. The minimum atomic E-state index is 0.713. The van der Waals surface area contributed by atoms with Crippen LogP contribution in [0, 0.1) is 0 Å². The van der Waals surface area contributed by atoms with Gasteiger partial charge in [0.05, 0.1) is 22.2 Å². The van der Waals surface area contributed by atoms with Crippen molar-refractivity contribution in [2.45, 2.75) is 0 Å². The van der Waals surface area contributed by atoms with Gasteiger partial charge in [-0.1, -0.05) is 188 Å². The molecule has 0 bridgehead atoms. The molecule has 310 valence electrons. The average molecular weight is 843 g/mol. The Morgan fingerprint density at radius 1 is 0.288 bits per heavy atom. The molecule has 0 fully saturated rings. The summed E-state index contributed by atoms with van der Waals surface area (Å²) in [5, 5.41) is 3.48. The highest BCUT2D eigenvalue weighted by molar-refractivity contribution is 6.10. The third kappa shape index (κ3) is 7.17. The second kappa shape index (κ2) is 16.7. The highest BCUT2D eigenvalue weighted by Crippen LogP contribution is 2.40. The maximum Gasteiger partial charge on any atom is 0.160 e. The second-order valence-corrected chi connectivity index (χ2v) is 16.6. The first-order valence-corrected chi connectivity index (χ1v) is 22.4. The lowest BCUT2D eigenvalue weighted by Gasteiger charge is -2.26. The summed E-state index contributed by atoms with van der Waals surface area (Å²) >= 11 is 0. The smallest absolute Gasteiger partial charge is 0.160 e. The van der Waals surface area contributed by atoms with Crippen molar-refractivity contribution in [2.75, 3.05) is 4.90 Å². The Morgan fingerprint density at radius 3 is 1.32 bits per heavy atom. The summed E-state index contributed by atoms with van der Waals surface area (Å²) in [5.74, 6) is 0.713. The molecule has 0 atom stereocenters. The molecule has 0 aliphatic carbocycles. The second-order valence-electron chi connectivity index (χ2n) is 16.6. The van der Waals surface area contributed by atoms with Crippen molar-refractivity contribution in [3.63, 3.8) is 0 Å². The zero-order valence-corrected chi connectivity index (χ0v) is 36.0. The van der Waals surface area contributed by atoms with E-state index >= 15 is 0 Å². The minimum Gasteiger partial charge on any atom is -0.311 e. The summed E-state index contributed by atoms with van der Waals surface area (Å²) < 4.78 is 2.40. The van der Waals surface area contributed by atoms with Gasteiger partial charge in [-0.3, -0.25) is 0 Å². The monoisotopic (exact) mass is 842 g/mol. The predicted molar refractivity (Wildman–Crippen MR) is 276 cm³/mol. The van der Waals surface area contributed by atoms with E-state index in [0.717, 1.165) is 67.1 Å². The number of benzene rings is 10. The van der Waals surface area contributed by atoms with Crippen LogP contribution in [-0.2, 0) is 0 Å². The van der Waals surface area contributed by atoms with Gasteiger partial charge in [-0.25, -0.2) is 9.97 Å². The van der Waals surface area contributed by atoms with Crippen LogP contribution in [0.2, 0.25) is 0 Å². The van der Waals surface area contributed by atoms with Crippen LogP contribution in [0.25, 0.3) is 94.4 Å². The highest BCUT2D eigenvalue weighted by Gasteiger charge is 2.18. The summed E-state index contributed by atoms with van der Waals surface area (Å²) in [7, 11) is 0. The van der Waals surface area contributed by atoms with Crippen molar-refractivity contribution < 1.29 is 0 Å². The number of nitrogens with zero attached hydrogens (tertiary/aromatic N) is 4. The Balaban J connectivity index is 0.910. The third-order valence-corrected chi connectivity index (χ3v) is 12.6. The van der Waals surface area contributed by atoms with E-state index in [4.69, 9.17) is 9.97 Å². The SMILES string of the molecule is c1ccc(-c2ccc(N(c3ccc(-c4ccccc4)cc3)c3ccc(-n4c5ccccc5c5ccc(-c6ccc(-c7nc(-c8ccccc8)c8ccccc8n7)cc6)cc54)cc3)cc2)cc1. The molecule has 0 aliphatic heterocycles. The zero-order chi connectivity index (χ0) is 43.8. The van der Waals surface area contributed by atoms with Crippen LogP contribution in [0.1, 0.15) is 0 Å². The molecule has 4 heteroatoms. The third-order valence-electron chi connectivity index (χ3n) is 12.6. The van der Waals surface area contributed by atoms with Gasteiger partial charge in [-0.05, 0) is 100 Å². The highest BCUT2D eigenvalue weighted by atomic mass is 15.1. The number of hydrogen-bond acceptors (Lipinski definition) is 3. The average Bonchev–Trinajstić information content (AvgIpc) is 3.73. The van der Waals surface area contributed by atoms with E-state index in [-0.39, 0.29) is 0 Å². The van der Waals surface area contributed by atoms with Crippen LogP contribution < -0.4 is 4.90 Å².